The van der Waals surface area contributed by atoms with E-state index in [0.29, 0.717) is 5.69 Å². The maximum atomic E-state index is 10.7. The highest BCUT2D eigenvalue weighted by Gasteiger charge is 2.13. The number of aliphatic hydroxyl groups excluding tert-OH is 1. The highest BCUT2D eigenvalue weighted by atomic mass is 32.2. The van der Waals surface area contributed by atoms with Crippen LogP contribution in [0.3, 0.4) is 0 Å². The maximum absolute atomic E-state index is 10.7. The highest BCUT2D eigenvalue weighted by Crippen LogP contribution is 2.27. The van der Waals surface area contributed by atoms with Gasteiger partial charge < -0.3 is 10.4 Å². The minimum Gasteiger partial charge on any atom is -0.395 e. The van der Waals surface area contributed by atoms with E-state index in [0.717, 1.165) is 11.3 Å². The Morgan fingerprint density at radius 3 is 2.82 bits per heavy atom. The molecule has 0 aliphatic rings. The van der Waals surface area contributed by atoms with Crippen LogP contribution in [0, 0.1) is 10.1 Å². The van der Waals surface area contributed by atoms with Crippen molar-refractivity contribution in [1.29, 1.82) is 0 Å². The standard InChI is InChI=1S/C11H16N2O3S/c1-8(6-14)17-7-9-3-4-11(13(15)16)10(5-9)12-2/h3-5,8,12,14H,6-7H2,1-2H3. The summed E-state index contributed by atoms with van der Waals surface area (Å²) in [4.78, 5) is 10.3. The van der Waals surface area contributed by atoms with Gasteiger partial charge in [-0.15, -0.1) is 0 Å². The van der Waals surface area contributed by atoms with E-state index in [1.165, 1.54) is 6.07 Å². The zero-order valence-electron chi connectivity index (χ0n) is 9.84. The minimum atomic E-state index is -0.404. The first kappa shape index (κ1) is 13.8. The largest absolute Gasteiger partial charge is 0.395 e. The number of anilines is 1. The molecule has 2 N–H and O–H groups in total. The SMILES string of the molecule is CNc1cc(CSC(C)CO)ccc1[N+](=O)[O-]. The number of benzene rings is 1. The third kappa shape index (κ3) is 3.90. The molecule has 0 radical (unpaired) electrons. The van der Waals surface area contributed by atoms with E-state index in [9.17, 15) is 10.1 Å². The molecule has 94 valence electrons. The number of aliphatic hydroxyl groups is 1. The second-order valence-corrected chi connectivity index (χ2v) is 5.09. The molecular formula is C11H16N2O3S. The molecule has 0 saturated heterocycles. The van der Waals surface area contributed by atoms with Crippen molar-refractivity contribution in [3.8, 4) is 0 Å². The molecule has 1 rings (SSSR count). The Kier molecular flexibility index (Phi) is 5.24. The molecule has 0 fully saturated rings. The topological polar surface area (TPSA) is 75.4 Å². The van der Waals surface area contributed by atoms with E-state index in [2.05, 4.69) is 5.32 Å². The lowest BCUT2D eigenvalue weighted by Crippen LogP contribution is -2.03. The monoisotopic (exact) mass is 256 g/mol. The summed E-state index contributed by atoms with van der Waals surface area (Å²) >= 11 is 1.62. The van der Waals surface area contributed by atoms with Crippen LogP contribution >= 0.6 is 11.8 Å². The van der Waals surface area contributed by atoms with Crippen molar-refractivity contribution in [2.45, 2.75) is 17.9 Å². The summed E-state index contributed by atoms with van der Waals surface area (Å²) in [5.74, 6) is 0.731. The third-order valence-electron chi connectivity index (χ3n) is 2.32. The molecule has 0 bridgehead atoms. The Labute approximate surface area is 104 Å². The Morgan fingerprint density at radius 2 is 2.29 bits per heavy atom. The first-order chi connectivity index (χ1) is 8.08. The number of rotatable bonds is 6. The summed E-state index contributed by atoms with van der Waals surface area (Å²) < 4.78 is 0. The first-order valence-electron chi connectivity index (χ1n) is 5.26. The second-order valence-electron chi connectivity index (χ2n) is 3.66. The Morgan fingerprint density at radius 1 is 1.59 bits per heavy atom. The molecule has 6 heteroatoms. The quantitative estimate of drug-likeness (QED) is 0.603. The van der Waals surface area contributed by atoms with Crippen LogP contribution in [-0.4, -0.2) is 28.9 Å². The third-order valence-corrected chi connectivity index (χ3v) is 3.54. The fourth-order valence-electron chi connectivity index (χ4n) is 1.32. The summed E-state index contributed by atoms with van der Waals surface area (Å²) in [6, 6.07) is 5.02. The summed E-state index contributed by atoms with van der Waals surface area (Å²) in [5, 5.41) is 22.6. The van der Waals surface area contributed by atoms with Gasteiger partial charge in [0.1, 0.15) is 5.69 Å². The molecule has 0 amide bonds. The molecular weight excluding hydrogens is 240 g/mol. The van der Waals surface area contributed by atoms with Gasteiger partial charge in [-0.25, -0.2) is 0 Å². The van der Waals surface area contributed by atoms with Crippen molar-refractivity contribution >= 4 is 23.1 Å². The van der Waals surface area contributed by atoms with Crippen LogP contribution in [0.15, 0.2) is 18.2 Å². The average molecular weight is 256 g/mol. The van der Waals surface area contributed by atoms with E-state index < -0.39 is 4.92 Å². The number of nitro benzene ring substituents is 1. The van der Waals surface area contributed by atoms with Crippen LogP contribution < -0.4 is 5.32 Å². The summed E-state index contributed by atoms with van der Waals surface area (Å²) in [6.07, 6.45) is 0. The van der Waals surface area contributed by atoms with Crippen molar-refractivity contribution < 1.29 is 10.0 Å². The first-order valence-corrected chi connectivity index (χ1v) is 6.31. The van der Waals surface area contributed by atoms with Gasteiger partial charge in [0, 0.05) is 24.1 Å². The lowest BCUT2D eigenvalue weighted by atomic mass is 10.2. The maximum Gasteiger partial charge on any atom is 0.292 e. The van der Waals surface area contributed by atoms with Crippen LogP contribution in [0.5, 0.6) is 0 Å². The Hall–Kier alpha value is -1.27. The molecule has 0 heterocycles. The molecule has 1 unspecified atom stereocenters. The van der Waals surface area contributed by atoms with Crippen LogP contribution in [0.25, 0.3) is 0 Å². The van der Waals surface area contributed by atoms with Crippen molar-refractivity contribution in [3.63, 3.8) is 0 Å². The van der Waals surface area contributed by atoms with Crippen molar-refractivity contribution in [2.75, 3.05) is 19.0 Å². The van der Waals surface area contributed by atoms with E-state index in [-0.39, 0.29) is 17.5 Å². The normalized spacial score (nSPS) is 12.2. The summed E-state index contributed by atoms with van der Waals surface area (Å²) in [6.45, 7) is 2.07. The van der Waals surface area contributed by atoms with Crippen molar-refractivity contribution in [2.24, 2.45) is 0 Å². The molecule has 1 atom stereocenters. The van der Waals surface area contributed by atoms with E-state index in [1.54, 1.807) is 30.9 Å². The zero-order chi connectivity index (χ0) is 12.8. The van der Waals surface area contributed by atoms with Gasteiger partial charge in [0.25, 0.3) is 5.69 Å². The van der Waals surface area contributed by atoms with E-state index in [4.69, 9.17) is 5.11 Å². The Balaban J connectivity index is 2.79. The molecule has 0 aliphatic carbocycles. The molecule has 0 aliphatic heterocycles. The van der Waals surface area contributed by atoms with Crippen LogP contribution in [0.4, 0.5) is 11.4 Å². The minimum absolute atomic E-state index is 0.0801. The number of hydrogen-bond acceptors (Lipinski definition) is 5. The van der Waals surface area contributed by atoms with Gasteiger partial charge in [-0.1, -0.05) is 13.0 Å². The lowest BCUT2D eigenvalue weighted by Gasteiger charge is -2.09. The van der Waals surface area contributed by atoms with Crippen molar-refractivity contribution in [3.05, 3.63) is 33.9 Å². The number of hydrogen-bond donors (Lipinski definition) is 2. The molecule has 5 nitrogen and oxygen atoms in total. The van der Waals surface area contributed by atoms with Gasteiger partial charge in [-0.05, 0) is 11.6 Å². The second kappa shape index (κ2) is 6.46. The lowest BCUT2D eigenvalue weighted by molar-refractivity contribution is -0.383. The highest BCUT2D eigenvalue weighted by molar-refractivity contribution is 7.99. The van der Waals surface area contributed by atoms with Gasteiger partial charge in [0.2, 0.25) is 0 Å². The zero-order valence-corrected chi connectivity index (χ0v) is 10.7. The fraction of sp³-hybridized carbons (Fsp3) is 0.455. The average Bonchev–Trinajstić information content (AvgIpc) is 2.35. The van der Waals surface area contributed by atoms with Gasteiger partial charge in [0.15, 0.2) is 0 Å². The van der Waals surface area contributed by atoms with Gasteiger partial charge in [0.05, 0.1) is 11.5 Å². The molecule has 0 saturated carbocycles. The molecule has 0 aromatic heterocycles. The van der Waals surface area contributed by atoms with Gasteiger partial charge in [-0.3, -0.25) is 10.1 Å². The molecule has 17 heavy (non-hydrogen) atoms. The van der Waals surface area contributed by atoms with E-state index >= 15 is 0 Å². The Bertz CT molecular complexity index is 398. The van der Waals surface area contributed by atoms with Gasteiger partial charge >= 0.3 is 0 Å². The van der Waals surface area contributed by atoms with Crippen LogP contribution in [0.2, 0.25) is 0 Å². The smallest absolute Gasteiger partial charge is 0.292 e. The predicted octanol–water partition coefficient (Wildman–Crippen LogP) is 2.25. The van der Waals surface area contributed by atoms with Crippen molar-refractivity contribution in [1.82, 2.24) is 0 Å². The molecule has 1 aromatic carbocycles. The predicted molar refractivity (Wildman–Crippen MR) is 70.5 cm³/mol. The van der Waals surface area contributed by atoms with E-state index in [1.807, 2.05) is 6.92 Å². The van der Waals surface area contributed by atoms with Crippen LogP contribution in [0.1, 0.15) is 12.5 Å². The summed E-state index contributed by atoms with van der Waals surface area (Å²) in [7, 11) is 1.66. The number of nitrogens with one attached hydrogen (secondary N) is 1. The number of nitrogens with zero attached hydrogens (tertiary/aromatic N) is 1. The fourth-order valence-corrected chi connectivity index (χ4v) is 2.09. The number of thioether (sulfide) groups is 1. The number of nitro groups is 1. The molecule has 0 spiro atoms. The van der Waals surface area contributed by atoms with Crippen LogP contribution in [-0.2, 0) is 5.75 Å². The summed E-state index contributed by atoms with van der Waals surface area (Å²) in [5.41, 5.74) is 1.60. The molecule has 1 aromatic rings. The van der Waals surface area contributed by atoms with Gasteiger partial charge in [-0.2, -0.15) is 11.8 Å².